The van der Waals surface area contributed by atoms with E-state index < -0.39 is 11.6 Å². The number of piperidine rings is 1. The third kappa shape index (κ3) is 3.07. The second-order valence-electron chi connectivity index (χ2n) is 6.24. The second-order valence-corrected chi connectivity index (χ2v) is 6.24. The SMILES string of the molecule is O=C(Cc1ccc(F)c(F)c1)N1CCC2(CCNCC2)C1. The number of rotatable bonds is 2. The summed E-state index contributed by atoms with van der Waals surface area (Å²) in [5.74, 6) is -1.76. The van der Waals surface area contributed by atoms with E-state index in [2.05, 4.69) is 5.32 Å². The van der Waals surface area contributed by atoms with E-state index in [1.807, 2.05) is 4.90 Å². The van der Waals surface area contributed by atoms with Crippen molar-refractivity contribution >= 4 is 5.91 Å². The zero-order chi connectivity index (χ0) is 14.9. The molecule has 3 nitrogen and oxygen atoms in total. The van der Waals surface area contributed by atoms with Gasteiger partial charge in [0.2, 0.25) is 5.91 Å². The second kappa shape index (κ2) is 5.72. The summed E-state index contributed by atoms with van der Waals surface area (Å²) in [5.41, 5.74) is 0.805. The number of carbonyl (C=O) groups is 1. The van der Waals surface area contributed by atoms with E-state index in [4.69, 9.17) is 0 Å². The Morgan fingerprint density at radius 2 is 1.95 bits per heavy atom. The van der Waals surface area contributed by atoms with Gasteiger partial charge >= 0.3 is 0 Å². The van der Waals surface area contributed by atoms with Gasteiger partial charge < -0.3 is 10.2 Å². The van der Waals surface area contributed by atoms with Crippen molar-refractivity contribution in [2.24, 2.45) is 5.41 Å². The highest BCUT2D eigenvalue weighted by molar-refractivity contribution is 5.79. The van der Waals surface area contributed by atoms with Gasteiger partial charge in [0.05, 0.1) is 6.42 Å². The van der Waals surface area contributed by atoms with Crippen LogP contribution < -0.4 is 5.32 Å². The summed E-state index contributed by atoms with van der Waals surface area (Å²) in [6, 6.07) is 3.67. The van der Waals surface area contributed by atoms with Gasteiger partial charge in [-0.3, -0.25) is 4.79 Å². The standard InChI is InChI=1S/C16H20F2N2O/c17-13-2-1-12(9-14(13)18)10-15(21)20-8-5-16(11-20)3-6-19-7-4-16/h1-2,9,19H,3-8,10-11H2. The van der Waals surface area contributed by atoms with Gasteiger partial charge in [-0.2, -0.15) is 0 Å². The lowest BCUT2D eigenvalue weighted by Gasteiger charge is -2.33. The fourth-order valence-corrected chi connectivity index (χ4v) is 3.45. The molecule has 1 N–H and O–H groups in total. The van der Waals surface area contributed by atoms with Crippen LogP contribution in [0.5, 0.6) is 0 Å². The molecule has 2 heterocycles. The Morgan fingerprint density at radius 1 is 1.19 bits per heavy atom. The number of amides is 1. The first-order valence-corrected chi connectivity index (χ1v) is 7.50. The molecule has 1 aromatic carbocycles. The number of nitrogens with zero attached hydrogens (tertiary/aromatic N) is 1. The summed E-state index contributed by atoms with van der Waals surface area (Å²) < 4.78 is 26.1. The number of halogens is 2. The maximum atomic E-state index is 13.2. The molecule has 114 valence electrons. The van der Waals surface area contributed by atoms with E-state index in [9.17, 15) is 13.6 Å². The zero-order valence-corrected chi connectivity index (χ0v) is 12.0. The van der Waals surface area contributed by atoms with Crippen molar-refractivity contribution in [3.05, 3.63) is 35.4 Å². The van der Waals surface area contributed by atoms with Gasteiger partial charge in [-0.25, -0.2) is 8.78 Å². The van der Waals surface area contributed by atoms with Crippen molar-refractivity contribution < 1.29 is 13.6 Å². The summed E-state index contributed by atoms with van der Waals surface area (Å²) in [6.45, 7) is 3.62. The molecule has 3 rings (SSSR count). The van der Waals surface area contributed by atoms with Crippen molar-refractivity contribution in [2.45, 2.75) is 25.7 Å². The Morgan fingerprint density at radius 3 is 2.67 bits per heavy atom. The molecule has 1 amide bonds. The maximum absolute atomic E-state index is 13.2. The average Bonchev–Trinajstić information content (AvgIpc) is 2.87. The molecule has 0 aromatic heterocycles. The van der Waals surface area contributed by atoms with Gasteiger partial charge in [0, 0.05) is 13.1 Å². The van der Waals surface area contributed by atoms with Gasteiger partial charge in [-0.1, -0.05) is 6.07 Å². The van der Waals surface area contributed by atoms with Crippen LogP contribution in [0.3, 0.4) is 0 Å². The van der Waals surface area contributed by atoms with E-state index in [0.29, 0.717) is 5.56 Å². The Hall–Kier alpha value is -1.49. The van der Waals surface area contributed by atoms with Gasteiger partial charge in [0.15, 0.2) is 11.6 Å². The van der Waals surface area contributed by atoms with E-state index in [-0.39, 0.29) is 17.7 Å². The number of hydrogen-bond acceptors (Lipinski definition) is 2. The predicted octanol–water partition coefficient (Wildman–Crippen LogP) is 2.11. The van der Waals surface area contributed by atoms with Crippen molar-refractivity contribution in [1.29, 1.82) is 0 Å². The lowest BCUT2D eigenvalue weighted by atomic mass is 9.78. The molecule has 0 saturated carbocycles. The highest BCUT2D eigenvalue weighted by Gasteiger charge is 2.40. The summed E-state index contributed by atoms with van der Waals surface area (Å²) in [4.78, 5) is 14.2. The molecular formula is C16H20F2N2O. The first-order chi connectivity index (χ1) is 10.1. The summed E-state index contributed by atoms with van der Waals surface area (Å²) >= 11 is 0. The van der Waals surface area contributed by atoms with E-state index in [0.717, 1.165) is 57.6 Å². The van der Waals surface area contributed by atoms with Crippen LogP contribution in [0.25, 0.3) is 0 Å². The van der Waals surface area contributed by atoms with Crippen molar-refractivity contribution in [3.63, 3.8) is 0 Å². The lowest BCUT2D eigenvalue weighted by Crippen LogP contribution is -2.40. The summed E-state index contributed by atoms with van der Waals surface area (Å²) in [7, 11) is 0. The molecule has 2 aliphatic rings. The molecule has 0 radical (unpaired) electrons. The van der Waals surface area contributed by atoms with E-state index >= 15 is 0 Å². The van der Waals surface area contributed by atoms with Gasteiger partial charge in [0.1, 0.15) is 0 Å². The molecule has 1 aromatic rings. The van der Waals surface area contributed by atoms with Crippen LogP contribution in [-0.4, -0.2) is 37.0 Å². The smallest absolute Gasteiger partial charge is 0.227 e. The highest BCUT2D eigenvalue weighted by Crippen LogP contribution is 2.38. The lowest BCUT2D eigenvalue weighted by molar-refractivity contribution is -0.129. The van der Waals surface area contributed by atoms with Gasteiger partial charge in [-0.05, 0) is 55.5 Å². The van der Waals surface area contributed by atoms with Gasteiger partial charge in [-0.15, -0.1) is 0 Å². The van der Waals surface area contributed by atoms with Crippen LogP contribution in [0.2, 0.25) is 0 Å². The number of benzene rings is 1. The number of carbonyl (C=O) groups excluding carboxylic acids is 1. The monoisotopic (exact) mass is 294 g/mol. The Labute approximate surface area is 123 Å². The van der Waals surface area contributed by atoms with Crippen molar-refractivity contribution in [3.8, 4) is 0 Å². The van der Waals surface area contributed by atoms with Crippen molar-refractivity contribution in [2.75, 3.05) is 26.2 Å². The zero-order valence-electron chi connectivity index (χ0n) is 12.0. The molecule has 5 heteroatoms. The molecule has 0 atom stereocenters. The molecule has 0 aliphatic carbocycles. The normalized spacial score (nSPS) is 21.0. The summed E-state index contributed by atoms with van der Waals surface area (Å²) in [6.07, 6.45) is 3.42. The fourth-order valence-electron chi connectivity index (χ4n) is 3.45. The third-order valence-corrected chi connectivity index (χ3v) is 4.79. The molecule has 2 fully saturated rings. The summed E-state index contributed by atoms with van der Waals surface area (Å²) in [5, 5.41) is 3.35. The molecular weight excluding hydrogens is 274 g/mol. The Bertz CT molecular complexity index is 541. The molecule has 2 aliphatic heterocycles. The largest absolute Gasteiger partial charge is 0.342 e. The van der Waals surface area contributed by atoms with Crippen LogP contribution in [0.1, 0.15) is 24.8 Å². The molecule has 0 bridgehead atoms. The van der Waals surface area contributed by atoms with E-state index in [1.165, 1.54) is 6.07 Å². The molecule has 0 unspecified atom stereocenters. The minimum Gasteiger partial charge on any atom is -0.342 e. The Balaban J connectivity index is 1.62. The van der Waals surface area contributed by atoms with Crippen LogP contribution in [-0.2, 0) is 11.2 Å². The third-order valence-electron chi connectivity index (χ3n) is 4.79. The molecule has 2 saturated heterocycles. The molecule has 1 spiro atoms. The van der Waals surface area contributed by atoms with Crippen LogP contribution in [0.15, 0.2) is 18.2 Å². The minimum absolute atomic E-state index is 0.0106. The first-order valence-electron chi connectivity index (χ1n) is 7.50. The number of hydrogen-bond donors (Lipinski definition) is 1. The van der Waals surface area contributed by atoms with Gasteiger partial charge in [0.25, 0.3) is 0 Å². The quantitative estimate of drug-likeness (QED) is 0.906. The minimum atomic E-state index is -0.892. The predicted molar refractivity (Wildman–Crippen MR) is 75.8 cm³/mol. The van der Waals surface area contributed by atoms with Crippen LogP contribution in [0.4, 0.5) is 8.78 Å². The topological polar surface area (TPSA) is 32.3 Å². The van der Waals surface area contributed by atoms with Crippen LogP contribution in [0, 0.1) is 17.0 Å². The van der Waals surface area contributed by atoms with E-state index in [1.54, 1.807) is 0 Å². The molecule has 21 heavy (non-hydrogen) atoms. The maximum Gasteiger partial charge on any atom is 0.227 e. The number of nitrogens with one attached hydrogen (secondary N) is 1. The first kappa shape index (κ1) is 14.4. The number of likely N-dealkylation sites (tertiary alicyclic amines) is 1. The Kier molecular flexibility index (Phi) is 3.93. The highest BCUT2D eigenvalue weighted by atomic mass is 19.2. The fraction of sp³-hybridized carbons (Fsp3) is 0.562. The van der Waals surface area contributed by atoms with Crippen molar-refractivity contribution in [1.82, 2.24) is 10.2 Å². The van der Waals surface area contributed by atoms with Crippen LogP contribution >= 0.6 is 0 Å². The average molecular weight is 294 g/mol.